The summed E-state index contributed by atoms with van der Waals surface area (Å²) in [4.78, 5) is 18.2. The van der Waals surface area contributed by atoms with E-state index in [1.165, 1.54) is 27.3 Å². The van der Waals surface area contributed by atoms with Crippen LogP contribution in [0.3, 0.4) is 0 Å². The van der Waals surface area contributed by atoms with Crippen LogP contribution >= 0.6 is 11.3 Å². The first-order valence-corrected chi connectivity index (χ1v) is 9.88. The topological polar surface area (TPSA) is 28.0 Å². The van der Waals surface area contributed by atoms with Crippen molar-refractivity contribution in [2.24, 2.45) is 0 Å². The number of nitrogens with one attached hydrogen (secondary N) is 1. The van der Waals surface area contributed by atoms with Gasteiger partial charge in [0, 0.05) is 19.3 Å². The molecule has 1 aliphatic heterocycles. The maximum Gasteiger partial charge on any atom is 0.277 e. The Kier molecular flexibility index (Phi) is 5.76. The van der Waals surface area contributed by atoms with Crippen molar-refractivity contribution >= 4 is 22.9 Å². The van der Waals surface area contributed by atoms with Gasteiger partial charge in [-0.25, -0.2) is 0 Å². The fourth-order valence-corrected chi connectivity index (χ4v) is 4.07. The molecule has 1 amide bonds. The van der Waals surface area contributed by atoms with Crippen LogP contribution in [-0.4, -0.2) is 50.6 Å². The zero-order chi connectivity index (χ0) is 17.8. The molecule has 1 N–H and O–H groups in total. The number of nitrogens with zero attached hydrogens (tertiary/aromatic N) is 2. The van der Waals surface area contributed by atoms with E-state index in [-0.39, 0.29) is 5.91 Å². The van der Waals surface area contributed by atoms with Crippen LogP contribution in [0.15, 0.2) is 35.0 Å². The van der Waals surface area contributed by atoms with E-state index >= 15 is 0 Å². The molecule has 1 aromatic heterocycles. The first kappa shape index (κ1) is 18.0. The van der Waals surface area contributed by atoms with Crippen LogP contribution in [0.2, 0.25) is 0 Å². The Bertz CT molecular complexity index is 706. The summed E-state index contributed by atoms with van der Waals surface area (Å²) < 4.78 is 0. The van der Waals surface area contributed by atoms with Crippen molar-refractivity contribution < 1.29 is 9.69 Å². The first-order chi connectivity index (χ1) is 12.0. The molecule has 5 heteroatoms. The van der Waals surface area contributed by atoms with Gasteiger partial charge < -0.3 is 14.7 Å². The number of amides is 1. The summed E-state index contributed by atoms with van der Waals surface area (Å²) in [5.41, 5.74) is 5.28. The Labute approximate surface area is 154 Å². The summed E-state index contributed by atoms with van der Waals surface area (Å²) in [7, 11) is 1.91. The quantitative estimate of drug-likeness (QED) is 0.882. The Morgan fingerprint density at radius 1 is 1.24 bits per heavy atom. The lowest BCUT2D eigenvalue weighted by molar-refractivity contribution is -0.892. The Balaban J connectivity index is 1.50. The number of thiophene rings is 1. The number of piperazine rings is 1. The lowest BCUT2D eigenvalue weighted by Crippen LogP contribution is -3.15. The SMILES string of the molecule is Cc1cccc(N2CC[NH+](CC(=O)N(C)Cc3ccsc3)CC2)c1C. The zero-order valence-electron chi connectivity index (χ0n) is 15.4. The van der Waals surface area contributed by atoms with Gasteiger partial charge >= 0.3 is 0 Å². The van der Waals surface area contributed by atoms with E-state index in [2.05, 4.69) is 53.8 Å². The van der Waals surface area contributed by atoms with Gasteiger partial charge in [-0.15, -0.1) is 0 Å². The lowest BCUT2D eigenvalue weighted by atomic mass is 10.1. The van der Waals surface area contributed by atoms with Crippen molar-refractivity contribution in [3.05, 3.63) is 51.7 Å². The summed E-state index contributed by atoms with van der Waals surface area (Å²) in [5, 5.41) is 4.17. The molecule has 2 heterocycles. The summed E-state index contributed by atoms with van der Waals surface area (Å²) in [5.74, 6) is 0.237. The second kappa shape index (κ2) is 8.02. The number of benzene rings is 1. The Morgan fingerprint density at radius 2 is 2.00 bits per heavy atom. The van der Waals surface area contributed by atoms with Gasteiger partial charge in [0.15, 0.2) is 6.54 Å². The highest BCUT2D eigenvalue weighted by atomic mass is 32.1. The summed E-state index contributed by atoms with van der Waals surface area (Å²) in [6.07, 6.45) is 0. The number of quaternary nitrogens is 1. The fourth-order valence-electron chi connectivity index (χ4n) is 3.41. The number of aryl methyl sites for hydroxylation is 1. The van der Waals surface area contributed by atoms with E-state index in [1.807, 2.05) is 11.9 Å². The van der Waals surface area contributed by atoms with Crippen molar-refractivity contribution in [1.29, 1.82) is 0 Å². The molecule has 25 heavy (non-hydrogen) atoms. The van der Waals surface area contributed by atoms with E-state index in [4.69, 9.17) is 0 Å². The minimum Gasteiger partial charge on any atom is -0.360 e. The monoisotopic (exact) mass is 358 g/mol. The molecule has 4 nitrogen and oxygen atoms in total. The lowest BCUT2D eigenvalue weighted by Gasteiger charge is -2.35. The molecule has 1 aliphatic rings. The van der Waals surface area contributed by atoms with E-state index < -0.39 is 0 Å². The standard InChI is InChI=1S/C20H27N3OS/c1-16-5-4-6-19(17(16)2)23-10-8-22(9-11-23)14-20(24)21(3)13-18-7-12-25-15-18/h4-7,12,15H,8-11,13-14H2,1-3H3/p+1. The summed E-state index contributed by atoms with van der Waals surface area (Å²) >= 11 is 1.68. The molecule has 0 unspecified atom stereocenters. The normalized spacial score (nSPS) is 15.4. The molecule has 0 aliphatic carbocycles. The summed E-state index contributed by atoms with van der Waals surface area (Å²) in [6.45, 7) is 9.75. The van der Waals surface area contributed by atoms with E-state index in [0.717, 1.165) is 26.2 Å². The molecule has 0 saturated carbocycles. The summed E-state index contributed by atoms with van der Waals surface area (Å²) in [6, 6.07) is 8.61. The smallest absolute Gasteiger partial charge is 0.277 e. The third-order valence-electron chi connectivity index (χ3n) is 5.21. The molecule has 3 rings (SSSR count). The highest BCUT2D eigenvalue weighted by Crippen LogP contribution is 2.22. The molecular formula is C20H28N3OS+. The van der Waals surface area contributed by atoms with Crippen LogP contribution in [0.4, 0.5) is 5.69 Å². The van der Waals surface area contributed by atoms with Crippen molar-refractivity contribution in [3.63, 3.8) is 0 Å². The molecule has 134 valence electrons. The van der Waals surface area contributed by atoms with E-state index in [1.54, 1.807) is 11.3 Å². The van der Waals surface area contributed by atoms with Crippen LogP contribution in [0.25, 0.3) is 0 Å². The number of rotatable bonds is 5. The van der Waals surface area contributed by atoms with Gasteiger partial charge in [-0.2, -0.15) is 11.3 Å². The molecule has 1 fully saturated rings. The first-order valence-electron chi connectivity index (χ1n) is 8.94. The van der Waals surface area contributed by atoms with Gasteiger partial charge in [-0.1, -0.05) is 12.1 Å². The minimum absolute atomic E-state index is 0.237. The molecule has 1 aromatic carbocycles. The number of hydrogen-bond acceptors (Lipinski definition) is 3. The number of hydrogen-bond donors (Lipinski definition) is 1. The second-order valence-electron chi connectivity index (χ2n) is 7.01. The van der Waals surface area contributed by atoms with Crippen LogP contribution < -0.4 is 9.80 Å². The number of carbonyl (C=O) groups is 1. The Hall–Kier alpha value is -1.85. The highest BCUT2D eigenvalue weighted by molar-refractivity contribution is 7.07. The van der Waals surface area contributed by atoms with Crippen molar-refractivity contribution in [3.8, 4) is 0 Å². The third kappa shape index (κ3) is 4.41. The van der Waals surface area contributed by atoms with E-state index in [9.17, 15) is 4.79 Å². The molecule has 0 radical (unpaired) electrons. The molecular weight excluding hydrogens is 330 g/mol. The van der Waals surface area contributed by atoms with E-state index in [0.29, 0.717) is 13.1 Å². The van der Waals surface area contributed by atoms with Gasteiger partial charge in [0.2, 0.25) is 0 Å². The van der Waals surface area contributed by atoms with Crippen molar-refractivity contribution in [2.75, 3.05) is 44.7 Å². The highest BCUT2D eigenvalue weighted by Gasteiger charge is 2.24. The maximum atomic E-state index is 12.5. The molecule has 2 aromatic rings. The van der Waals surface area contributed by atoms with Crippen molar-refractivity contribution in [1.82, 2.24) is 4.90 Å². The average molecular weight is 359 g/mol. The number of carbonyl (C=O) groups excluding carboxylic acids is 1. The van der Waals surface area contributed by atoms with Gasteiger partial charge in [-0.05, 0) is 53.4 Å². The van der Waals surface area contributed by atoms with Crippen molar-refractivity contribution in [2.45, 2.75) is 20.4 Å². The minimum atomic E-state index is 0.237. The zero-order valence-corrected chi connectivity index (χ0v) is 16.2. The molecule has 0 bridgehead atoms. The number of anilines is 1. The second-order valence-corrected chi connectivity index (χ2v) is 7.79. The molecule has 0 atom stereocenters. The Morgan fingerprint density at radius 3 is 2.68 bits per heavy atom. The fraction of sp³-hybridized carbons (Fsp3) is 0.450. The largest absolute Gasteiger partial charge is 0.360 e. The predicted octanol–water partition coefficient (Wildman–Crippen LogP) is 1.73. The van der Waals surface area contributed by atoms with Crippen LogP contribution in [0.5, 0.6) is 0 Å². The van der Waals surface area contributed by atoms with Gasteiger partial charge in [0.05, 0.1) is 26.2 Å². The molecule has 1 saturated heterocycles. The average Bonchev–Trinajstić information content (AvgIpc) is 3.11. The third-order valence-corrected chi connectivity index (χ3v) is 5.95. The van der Waals surface area contributed by atoms with Crippen LogP contribution in [0, 0.1) is 13.8 Å². The predicted molar refractivity (Wildman–Crippen MR) is 104 cm³/mol. The van der Waals surface area contributed by atoms with Gasteiger partial charge in [0.25, 0.3) is 5.91 Å². The van der Waals surface area contributed by atoms with Crippen LogP contribution in [0.1, 0.15) is 16.7 Å². The van der Waals surface area contributed by atoms with Gasteiger partial charge in [-0.3, -0.25) is 4.79 Å². The molecule has 0 spiro atoms. The van der Waals surface area contributed by atoms with Crippen LogP contribution in [-0.2, 0) is 11.3 Å². The maximum absolute atomic E-state index is 12.5. The number of likely N-dealkylation sites (N-methyl/N-ethyl adjacent to an activating group) is 1. The van der Waals surface area contributed by atoms with Gasteiger partial charge in [0.1, 0.15) is 0 Å².